The molecular formula is C21H19F4N7O5S. The monoisotopic (exact) mass is 557 g/mol. The molecule has 0 bridgehead atoms. The van der Waals surface area contributed by atoms with E-state index >= 15 is 0 Å². The second-order valence-corrected chi connectivity index (χ2v) is 10.2. The van der Waals surface area contributed by atoms with E-state index in [4.69, 9.17) is 4.42 Å². The molecule has 0 fully saturated rings. The summed E-state index contributed by atoms with van der Waals surface area (Å²) in [5.74, 6) is -4.88. The fraction of sp³-hybridized carbons (Fsp3) is 0.286. The van der Waals surface area contributed by atoms with Crippen LogP contribution < -0.4 is 10.8 Å². The van der Waals surface area contributed by atoms with Crippen molar-refractivity contribution in [2.24, 2.45) is 0 Å². The number of carbonyl (C=O) groups excluding carboxylic acids is 1. The van der Waals surface area contributed by atoms with Crippen molar-refractivity contribution in [1.82, 2.24) is 30.3 Å². The minimum atomic E-state index is -4.82. The van der Waals surface area contributed by atoms with Crippen LogP contribution in [0.5, 0.6) is 0 Å². The van der Waals surface area contributed by atoms with Gasteiger partial charge in [-0.15, -0.1) is 10.2 Å². The molecule has 0 aliphatic rings. The van der Waals surface area contributed by atoms with Crippen LogP contribution in [0.15, 0.2) is 35.1 Å². The number of halogens is 4. The van der Waals surface area contributed by atoms with Crippen molar-refractivity contribution in [3.05, 3.63) is 65.3 Å². The fourth-order valence-corrected chi connectivity index (χ4v) is 3.80. The highest BCUT2D eigenvalue weighted by molar-refractivity contribution is 7.91. The third kappa shape index (κ3) is 5.14. The molecule has 3 aromatic heterocycles. The van der Waals surface area contributed by atoms with E-state index in [0.29, 0.717) is 23.4 Å². The van der Waals surface area contributed by atoms with Gasteiger partial charge in [-0.1, -0.05) is 6.92 Å². The molecule has 17 heteroatoms. The largest absolute Gasteiger partial charge is 0.420 e. The summed E-state index contributed by atoms with van der Waals surface area (Å²) in [5.41, 5.74) is 2.18. The Bertz CT molecular complexity index is 1620. The number of hydrogen-bond acceptors (Lipinski definition) is 10. The molecule has 0 radical (unpaired) electrons. The molecule has 4 rings (SSSR count). The number of hydroxylamine groups is 1. The first-order valence-corrected chi connectivity index (χ1v) is 12.5. The van der Waals surface area contributed by atoms with Gasteiger partial charge in [-0.25, -0.2) is 32.2 Å². The van der Waals surface area contributed by atoms with Crippen molar-refractivity contribution in [3.63, 3.8) is 0 Å². The maximum atomic E-state index is 14.5. The standard InChI is InChI=1S/C21H19F4N7O5S/c1-10(4-17-29-30-20(37-17)21(24,25)38(3,34)35)11-5-16-18(26-9-27-32(16)8-11)28-15-6-12(19(33)31-36-2)13(22)7-14(15)23/h5-10H,4H2,1-3H3,(H,31,33)(H,26,27,28). The number of rotatable bonds is 9. The highest BCUT2D eigenvalue weighted by Crippen LogP contribution is 2.33. The van der Waals surface area contributed by atoms with Crippen molar-refractivity contribution in [2.45, 2.75) is 24.5 Å². The average molecular weight is 557 g/mol. The number of alkyl halides is 2. The zero-order valence-corrected chi connectivity index (χ0v) is 20.7. The molecule has 0 saturated carbocycles. The van der Waals surface area contributed by atoms with Gasteiger partial charge in [0.25, 0.3) is 5.91 Å². The molecule has 1 atom stereocenters. The Kier molecular flexibility index (Phi) is 7.07. The van der Waals surface area contributed by atoms with Gasteiger partial charge < -0.3 is 9.73 Å². The molecule has 0 aliphatic carbocycles. The first-order valence-electron chi connectivity index (χ1n) is 10.6. The van der Waals surface area contributed by atoms with Gasteiger partial charge in [-0.3, -0.25) is 9.63 Å². The van der Waals surface area contributed by atoms with Crippen molar-refractivity contribution >= 4 is 32.8 Å². The van der Waals surface area contributed by atoms with Gasteiger partial charge >= 0.3 is 11.1 Å². The van der Waals surface area contributed by atoms with Crippen molar-refractivity contribution in [3.8, 4) is 0 Å². The predicted octanol–water partition coefficient (Wildman–Crippen LogP) is 2.87. The first-order chi connectivity index (χ1) is 17.8. The summed E-state index contributed by atoms with van der Waals surface area (Å²) < 4.78 is 85.4. The van der Waals surface area contributed by atoms with Crippen LogP contribution in [0.1, 0.15) is 40.5 Å². The third-order valence-corrected chi connectivity index (χ3v) is 6.51. The SMILES string of the molecule is CONC(=O)c1cc(Nc2ncnn3cc(C(C)Cc4nnc(C(F)(F)S(C)(=O)=O)o4)cc23)c(F)cc1F. The molecule has 0 saturated heterocycles. The Balaban J connectivity index is 1.60. The Labute approximate surface area is 211 Å². The van der Waals surface area contributed by atoms with E-state index in [1.54, 1.807) is 19.2 Å². The van der Waals surface area contributed by atoms with E-state index in [9.17, 15) is 30.8 Å². The van der Waals surface area contributed by atoms with Gasteiger partial charge in [0.15, 0.2) is 5.82 Å². The maximum absolute atomic E-state index is 14.5. The van der Waals surface area contributed by atoms with E-state index < -0.39 is 50.0 Å². The quantitative estimate of drug-likeness (QED) is 0.232. The Morgan fingerprint density at radius 1 is 1.21 bits per heavy atom. The molecule has 0 spiro atoms. The number of anilines is 2. The molecule has 1 amide bonds. The number of fused-ring (bicyclic) bond motifs is 1. The second kappa shape index (κ2) is 9.97. The zero-order valence-electron chi connectivity index (χ0n) is 19.9. The Morgan fingerprint density at radius 2 is 1.95 bits per heavy atom. The maximum Gasteiger partial charge on any atom is 0.420 e. The average Bonchev–Trinajstić information content (AvgIpc) is 3.48. The molecule has 3 heterocycles. The van der Waals surface area contributed by atoms with E-state index in [-0.39, 0.29) is 23.8 Å². The Hall–Kier alpha value is -4.12. The molecule has 202 valence electrons. The molecule has 38 heavy (non-hydrogen) atoms. The summed E-state index contributed by atoms with van der Waals surface area (Å²) in [4.78, 5) is 20.5. The third-order valence-electron chi connectivity index (χ3n) is 5.41. The summed E-state index contributed by atoms with van der Waals surface area (Å²) in [6.45, 7) is 1.72. The highest BCUT2D eigenvalue weighted by Gasteiger charge is 2.49. The van der Waals surface area contributed by atoms with E-state index in [0.717, 1.165) is 13.2 Å². The molecule has 2 N–H and O–H groups in total. The van der Waals surface area contributed by atoms with Crippen LogP contribution in [0.2, 0.25) is 0 Å². The fourth-order valence-electron chi connectivity index (χ4n) is 3.40. The van der Waals surface area contributed by atoms with Crippen LogP contribution in [-0.4, -0.2) is 52.5 Å². The number of amides is 1. The summed E-state index contributed by atoms with van der Waals surface area (Å²) in [7, 11) is -3.66. The minimum absolute atomic E-state index is 0.0233. The van der Waals surface area contributed by atoms with Crippen LogP contribution in [0, 0.1) is 11.6 Å². The molecule has 12 nitrogen and oxygen atoms in total. The summed E-state index contributed by atoms with van der Waals surface area (Å²) in [6.07, 6.45) is 3.09. The summed E-state index contributed by atoms with van der Waals surface area (Å²) in [5, 5.41) is 9.13. The zero-order chi connectivity index (χ0) is 27.8. The van der Waals surface area contributed by atoms with Gasteiger partial charge in [0.1, 0.15) is 23.5 Å². The lowest BCUT2D eigenvalue weighted by atomic mass is 10.0. The number of nitrogens with one attached hydrogen (secondary N) is 2. The molecule has 1 aromatic carbocycles. The second-order valence-electron chi connectivity index (χ2n) is 8.18. The summed E-state index contributed by atoms with van der Waals surface area (Å²) >= 11 is 0. The highest BCUT2D eigenvalue weighted by atomic mass is 32.2. The van der Waals surface area contributed by atoms with E-state index in [1.165, 1.54) is 10.8 Å². The number of aromatic nitrogens is 5. The van der Waals surface area contributed by atoms with Crippen LogP contribution in [0.3, 0.4) is 0 Å². The van der Waals surface area contributed by atoms with Crippen molar-refractivity contribution in [1.29, 1.82) is 0 Å². The predicted molar refractivity (Wildman–Crippen MR) is 122 cm³/mol. The Morgan fingerprint density at radius 3 is 2.63 bits per heavy atom. The first kappa shape index (κ1) is 26.9. The summed E-state index contributed by atoms with van der Waals surface area (Å²) in [6, 6.07) is 3.10. The van der Waals surface area contributed by atoms with Gasteiger partial charge in [0, 0.05) is 24.9 Å². The van der Waals surface area contributed by atoms with Gasteiger partial charge in [0.05, 0.1) is 18.4 Å². The molecular weight excluding hydrogens is 538 g/mol. The van der Waals surface area contributed by atoms with Gasteiger partial charge in [0.2, 0.25) is 15.7 Å². The normalized spacial score (nSPS) is 13.0. The van der Waals surface area contributed by atoms with E-state index in [2.05, 4.69) is 30.4 Å². The minimum Gasteiger partial charge on any atom is -0.419 e. The van der Waals surface area contributed by atoms with Crippen LogP contribution in [0.4, 0.5) is 29.1 Å². The van der Waals surface area contributed by atoms with E-state index in [1.807, 2.05) is 5.48 Å². The van der Waals surface area contributed by atoms with Crippen molar-refractivity contribution in [2.75, 3.05) is 18.7 Å². The van der Waals surface area contributed by atoms with Crippen LogP contribution in [-0.2, 0) is 26.4 Å². The number of nitrogens with zero attached hydrogens (tertiary/aromatic N) is 5. The smallest absolute Gasteiger partial charge is 0.419 e. The lowest BCUT2D eigenvalue weighted by Gasteiger charge is -2.11. The number of hydrogen-bond donors (Lipinski definition) is 2. The van der Waals surface area contributed by atoms with Crippen LogP contribution >= 0.6 is 0 Å². The van der Waals surface area contributed by atoms with Gasteiger partial charge in [-0.2, -0.15) is 13.9 Å². The van der Waals surface area contributed by atoms with Crippen molar-refractivity contribution < 1.29 is 40.0 Å². The molecule has 4 aromatic rings. The number of carbonyl (C=O) groups is 1. The molecule has 0 aliphatic heterocycles. The lowest BCUT2D eigenvalue weighted by Crippen LogP contribution is -2.25. The van der Waals surface area contributed by atoms with Crippen LogP contribution in [0.25, 0.3) is 5.52 Å². The lowest BCUT2D eigenvalue weighted by molar-refractivity contribution is 0.0533. The number of sulfone groups is 1. The van der Waals surface area contributed by atoms with Gasteiger partial charge in [-0.05, 0) is 23.6 Å². The number of benzene rings is 1. The molecule has 1 unspecified atom stereocenters. The topological polar surface area (TPSA) is 154 Å².